The minimum Gasteiger partial charge on any atom is -0.461 e. The lowest BCUT2D eigenvalue weighted by atomic mass is 9.70. The van der Waals surface area contributed by atoms with Crippen molar-refractivity contribution in [2.75, 3.05) is 25.5 Å². The van der Waals surface area contributed by atoms with Crippen LogP contribution >= 0.6 is 11.3 Å². The molecule has 1 atom stereocenters. The van der Waals surface area contributed by atoms with Crippen molar-refractivity contribution in [3.63, 3.8) is 0 Å². The lowest BCUT2D eigenvalue weighted by molar-refractivity contribution is -0.124. The van der Waals surface area contributed by atoms with Crippen LogP contribution in [0.2, 0.25) is 0 Å². The normalized spacial score (nSPS) is 13.8. The van der Waals surface area contributed by atoms with E-state index >= 15 is 0 Å². The summed E-state index contributed by atoms with van der Waals surface area (Å²) in [6.45, 7) is 9.98. The highest BCUT2D eigenvalue weighted by Gasteiger charge is 2.45. The topological polar surface area (TPSA) is 137 Å². The number of carbonyl (C=O) groups excluding carboxylic acids is 3. The van der Waals surface area contributed by atoms with E-state index in [1.807, 2.05) is 64.1 Å². The van der Waals surface area contributed by atoms with E-state index in [1.165, 1.54) is 0 Å². The number of nitrogens with one attached hydrogen (secondary N) is 1. The minimum absolute atomic E-state index is 0.0529. The SMILES string of the molecule is CCOC(=O)c1nnc(NC(=O)C(C)(C)[C@H]2c3ccc(C)nc3Oc3nc(-c4ccc(C(=O)N(C)CC)cc4)ccc32)s1. The Bertz CT molecular complexity index is 1700. The average molecular weight is 601 g/mol. The number of esters is 1. The van der Waals surface area contributed by atoms with Gasteiger partial charge in [0.15, 0.2) is 0 Å². The molecule has 1 N–H and O–H groups in total. The molecule has 2 amide bonds. The summed E-state index contributed by atoms with van der Waals surface area (Å²) in [7, 11) is 1.76. The van der Waals surface area contributed by atoms with Gasteiger partial charge in [0, 0.05) is 47.5 Å². The van der Waals surface area contributed by atoms with Gasteiger partial charge in [0.1, 0.15) is 0 Å². The Morgan fingerprint density at radius 2 is 1.65 bits per heavy atom. The minimum atomic E-state index is -1.03. The van der Waals surface area contributed by atoms with Gasteiger partial charge in [-0.15, -0.1) is 10.2 Å². The summed E-state index contributed by atoms with van der Waals surface area (Å²) in [4.78, 5) is 49.4. The highest BCUT2D eigenvalue weighted by atomic mass is 32.1. The molecule has 12 heteroatoms. The third-order valence-corrected chi connectivity index (χ3v) is 8.20. The molecule has 1 aliphatic rings. The van der Waals surface area contributed by atoms with Gasteiger partial charge in [-0.25, -0.2) is 14.8 Å². The largest absolute Gasteiger partial charge is 0.461 e. The number of fused-ring (bicyclic) bond motifs is 2. The van der Waals surface area contributed by atoms with E-state index in [0.717, 1.165) is 33.7 Å². The van der Waals surface area contributed by atoms with Crippen LogP contribution in [0, 0.1) is 12.3 Å². The number of benzene rings is 1. The van der Waals surface area contributed by atoms with Crippen LogP contribution in [0.3, 0.4) is 0 Å². The second-order valence-corrected chi connectivity index (χ2v) is 11.7. The van der Waals surface area contributed by atoms with Gasteiger partial charge in [0.2, 0.25) is 27.8 Å². The molecule has 0 bridgehead atoms. The number of hydrogen-bond acceptors (Lipinski definition) is 10. The van der Waals surface area contributed by atoms with Crippen molar-refractivity contribution < 1.29 is 23.9 Å². The van der Waals surface area contributed by atoms with Gasteiger partial charge in [0.05, 0.1) is 17.7 Å². The third kappa shape index (κ3) is 5.82. The van der Waals surface area contributed by atoms with E-state index in [-0.39, 0.29) is 28.6 Å². The zero-order valence-corrected chi connectivity index (χ0v) is 25.6. The third-order valence-electron chi connectivity index (χ3n) is 7.39. The smallest absolute Gasteiger partial charge is 0.369 e. The summed E-state index contributed by atoms with van der Waals surface area (Å²) in [5.41, 5.74) is 3.26. The van der Waals surface area contributed by atoms with Gasteiger partial charge in [-0.2, -0.15) is 0 Å². The predicted molar refractivity (Wildman–Crippen MR) is 161 cm³/mol. The molecule has 43 heavy (non-hydrogen) atoms. The Hall–Kier alpha value is -4.71. The summed E-state index contributed by atoms with van der Waals surface area (Å²) in [6.07, 6.45) is 0. The zero-order chi connectivity index (χ0) is 30.9. The molecular weight excluding hydrogens is 568 g/mol. The standard InChI is InChI=1S/C31H32N6O5S/c1-7-37(6)27(38)19-12-10-18(11-13-19)22-16-15-21-23(20-14-9-17(3)32-24(20)42-25(21)33-22)31(4,5)29(40)34-30-36-35-26(43-30)28(39)41-8-2/h9-16,23H,7-8H2,1-6H3,(H,34,36,40)/t23-/m0/s1. The molecule has 4 aromatic rings. The number of anilines is 1. The maximum Gasteiger partial charge on any atom is 0.369 e. The van der Waals surface area contributed by atoms with Crippen LogP contribution in [0.15, 0.2) is 48.5 Å². The lowest BCUT2D eigenvalue weighted by Gasteiger charge is -2.37. The number of amides is 2. The van der Waals surface area contributed by atoms with Gasteiger partial charge in [-0.05, 0) is 45.0 Å². The molecule has 0 unspecified atom stereocenters. The van der Waals surface area contributed by atoms with Crippen LogP contribution in [0.4, 0.5) is 5.13 Å². The van der Waals surface area contributed by atoms with E-state index in [4.69, 9.17) is 14.5 Å². The molecule has 1 aliphatic heterocycles. The highest BCUT2D eigenvalue weighted by molar-refractivity contribution is 7.17. The Labute approximate surface area is 253 Å². The first kappa shape index (κ1) is 29.8. The van der Waals surface area contributed by atoms with Crippen LogP contribution in [-0.2, 0) is 9.53 Å². The Morgan fingerprint density at radius 1 is 0.977 bits per heavy atom. The van der Waals surface area contributed by atoms with E-state index in [9.17, 15) is 14.4 Å². The second-order valence-electron chi connectivity index (χ2n) is 10.7. The maximum atomic E-state index is 13.8. The van der Waals surface area contributed by atoms with Crippen molar-refractivity contribution in [3.05, 3.63) is 75.9 Å². The molecular formula is C31H32N6O5S. The number of hydrogen-bond donors (Lipinski definition) is 1. The van der Waals surface area contributed by atoms with E-state index in [0.29, 0.717) is 29.6 Å². The molecule has 0 radical (unpaired) electrons. The summed E-state index contributed by atoms with van der Waals surface area (Å²) in [5.74, 6) is -0.715. The van der Waals surface area contributed by atoms with E-state index in [2.05, 4.69) is 20.5 Å². The van der Waals surface area contributed by atoms with Crippen LogP contribution in [0.1, 0.15) is 70.6 Å². The zero-order valence-electron chi connectivity index (χ0n) is 24.8. The van der Waals surface area contributed by atoms with Crippen LogP contribution in [-0.4, -0.2) is 63.0 Å². The molecule has 0 saturated carbocycles. The molecule has 4 heterocycles. The number of ether oxygens (including phenoxy) is 2. The second kappa shape index (κ2) is 11.9. The molecule has 1 aromatic carbocycles. The Morgan fingerprint density at radius 3 is 2.33 bits per heavy atom. The first-order valence-electron chi connectivity index (χ1n) is 13.9. The fourth-order valence-electron chi connectivity index (χ4n) is 4.88. The quantitative estimate of drug-likeness (QED) is 0.261. The van der Waals surface area contributed by atoms with Gasteiger partial charge in [0.25, 0.3) is 5.91 Å². The molecule has 222 valence electrons. The predicted octanol–water partition coefficient (Wildman–Crippen LogP) is 5.47. The van der Waals surface area contributed by atoms with Crippen LogP contribution in [0.25, 0.3) is 11.3 Å². The molecule has 0 aliphatic carbocycles. The molecule has 3 aromatic heterocycles. The van der Waals surface area contributed by atoms with Gasteiger partial charge < -0.3 is 19.7 Å². The van der Waals surface area contributed by atoms with E-state index < -0.39 is 17.3 Å². The average Bonchev–Trinajstić information content (AvgIpc) is 3.47. The number of aryl methyl sites for hydroxylation is 1. The van der Waals surface area contributed by atoms with Gasteiger partial charge >= 0.3 is 5.97 Å². The summed E-state index contributed by atoms with van der Waals surface area (Å²) >= 11 is 0.948. The molecule has 0 saturated heterocycles. The van der Waals surface area contributed by atoms with Crippen molar-refractivity contribution >= 4 is 34.3 Å². The van der Waals surface area contributed by atoms with Crippen molar-refractivity contribution in [1.29, 1.82) is 0 Å². The summed E-state index contributed by atoms with van der Waals surface area (Å²) in [6, 6.07) is 14.9. The number of pyridine rings is 2. The first-order chi connectivity index (χ1) is 20.5. The van der Waals surface area contributed by atoms with Gasteiger partial charge in [-0.1, -0.05) is 49.4 Å². The monoisotopic (exact) mass is 600 g/mol. The molecule has 11 nitrogen and oxygen atoms in total. The molecule has 0 fully saturated rings. The first-order valence-corrected chi connectivity index (χ1v) is 14.7. The van der Waals surface area contributed by atoms with E-state index in [1.54, 1.807) is 31.0 Å². The van der Waals surface area contributed by atoms with Crippen molar-refractivity contribution in [2.24, 2.45) is 5.41 Å². The molecule has 5 rings (SSSR count). The number of nitrogens with zero attached hydrogens (tertiary/aromatic N) is 5. The fourth-order valence-corrected chi connectivity index (χ4v) is 5.51. The number of aromatic nitrogens is 4. The number of rotatable bonds is 8. The van der Waals surface area contributed by atoms with Crippen LogP contribution in [0.5, 0.6) is 11.8 Å². The van der Waals surface area contributed by atoms with Crippen molar-refractivity contribution in [1.82, 2.24) is 25.1 Å². The van der Waals surface area contributed by atoms with Crippen LogP contribution < -0.4 is 10.1 Å². The fraction of sp³-hybridized carbons (Fsp3) is 0.323. The lowest BCUT2D eigenvalue weighted by Crippen LogP contribution is -2.38. The molecule has 0 spiro atoms. The Balaban J connectivity index is 1.48. The maximum absolute atomic E-state index is 13.8. The Kier molecular flexibility index (Phi) is 8.23. The van der Waals surface area contributed by atoms with Crippen molar-refractivity contribution in [2.45, 2.75) is 40.5 Å². The summed E-state index contributed by atoms with van der Waals surface area (Å²) in [5, 5.41) is 10.9. The number of carbonyl (C=O) groups is 3. The van der Waals surface area contributed by atoms with Gasteiger partial charge in [-0.3, -0.25) is 9.59 Å². The van der Waals surface area contributed by atoms with Crippen molar-refractivity contribution in [3.8, 4) is 23.0 Å². The summed E-state index contributed by atoms with van der Waals surface area (Å²) < 4.78 is 11.2. The highest BCUT2D eigenvalue weighted by Crippen LogP contribution is 2.51.